The molecule has 0 aliphatic carbocycles. The third kappa shape index (κ3) is 6.45. The first-order valence-corrected chi connectivity index (χ1v) is 11.3. The molecule has 0 aromatic carbocycles. The summed E-state index contributed by atoms with van der Waals surface area (Å²) in [5.41, 5.74) is 6.80. The lowest BCUT2D eigenvalue weighted by molar-refractivity contribution is -0.112. The summed E-state index contributed by atoms with van der Waals surface area (Å²) in [5.74, 6) is -2.58. The maximum absolute atomic E-state index is 12.8. The third-order valence-corrected chi connectivity index (χ3v) is 5.30. The molecule has 0 saturated carbocycles. The van der Waals surface area contributed by atoms with Gasteiger partial charge in [0.25, 0.3) is 23.6 Å². The summed E-state index contributed by atoms with van der Waals surface area (Å²) in [5, 5.41) is 30.0. The van der Waals surface area contributed by atoms with E-state index in [1.807, 2.05) is 0 Å². The zero-order chi connectivity index (χ0) is 27.3. The van der Waals surface area contributed by atoms with Crippen LogP contribution in [0.25, 0.3) is 0 Å². The van der Waals surface area contributed by atoms with E-state index in [0.29, 0.717) is 16.8 Å². The van der Waals surface area contributed by atoms with Crippen molar-refractivity contribution in [1.82, 2.24) is 35.7 Å². The highest BCUT2D eigenvalue weighted by Gasteiger charge is 2.22. The average molecular weight is 575 g/mol. The number of nitrogens with zero attached hydrogens (tertiary/aromatic N) is 3. The lowest BCUT2D eigenvalue weighted by atomic mass is 10.2. The first-order chi connectivity index (χ1) is 17.5. The Bertz CT molecular complexity index is 1400. The molecule has 37 heavy (non-hydrogen) atoms. The zero-order valence-corrected chi connectivity index (χ0v) is 21.2. The molecule has 0 fully saturated rings. The quantitative estimate of drug-likeness (QED) is 0.0950. The molecule has 194 valence electrons. The Morgan fingerprint density at radius 1 is 1.03 bits per heavy atom. The van der Waals surface area contributed by atoms with Crippen molar-refractivity contribution < 1.29 is 19.2 Å². The second kappa shape index (κ2) is 11.3. The van der Waals surface area contributed by atoms with Crippen LogP contribution in [-0.2, 0) is 4.79 Å². The third-order valence-electron chi connectivity index (χ3n) is 4.94. The molecule has 0 aliphatic rings. The number of halogens is 1. The van der Waals surface area contributed by atoms with E-state index in [1.54, 1.807) is 13.8 Å². The molecular formula is C20H23BrN12O4. The van der Waals surface area contributed by atoms with Gasteiger partial charge in [0.1, 0.15) is 11.4 Å². The summed E-state index contributed by atoms with van der Waals surface area (Å²) in [6, 6.07) is 0. The van der Waals surface area contributed by atoms with Gasteiger partial charge in [0, 0.05) is 30.3 Å². The maximum atomic E-state index is 12.8. The van der Waals surface area contributed by atoms with Gasteiger partial charge in [0.2, 0.25) is 11.8 Å². The highest BCUT2D eigenvalue weighted by molar-refractivity contribution is 9.12. The SMILES string of the molecule is C=C(Br)C(=O)Nc1n[nH]c(C(=O)Nc2n[nH]c(C(=O)Nc3c[nH]c(C(=O)NCCC(=N)N)c3C)c2C)n1. The molecule has 3 aromatic heterocycles. The molecule has 10 N–H and O–H groups in total. The van der Waals surface area contributed by atoms with Gasteiger partial charge >= 0.3 is 0 Å². The van der Waals surface area contributed by atoms with Crippen LogP contribution < -0.4 is 27.0 Å². The van der Waals surface area contributed by atoms with Gasteiger partial charge < -0.3 is 26.7 Å². The smallest absolute Gasteiger partial charge is 0.294 e. The Balaban J connectivity index is 1.64. The Kier molecular flexibility index (Phi) is 8.18. The second-order valence-corrected chi connectivity index (χ2v) is 8.54. The Morgan fingerprint density at radius 3 is 2.43 bits per heavy atom. The highest BCUT2D eigenvalue weighted by atomic mass is 79.9. The Hall–Kier alpha value is -4.80. The van der Waals surface area contributed by atoms with Crippen molar-refractivity contribution in [3.63, 3.8) is 0 Å². The number of carbonyl (C=O) groups is 4. The van der Waals surface area contributed by atoms with Crippen molar-refractivity contribution in [2.75, 3.05) is 22.5 Å². The minimum absolute atomic E-state index is 0.0436. The lowest BCUT2D eigenvalue weighted by Gasteiger charge is -2.06. The van der Waals surface area contributed by atoms with Crippen LogP contribution in [-0.4, -0.2) is 66.4 Å². The summed E-state index contributed by atoms with van der Waals surface area (Å²) < 4.78 is 0.0558. The molecule has 0 atom stereocenters. The largest absolute Gasteiger partial charge is 0.388 e. The average Bonchev–Trinajstić information content (AvgIpc) is 3.53. The number of anilines is 3. The van der Waals surface area contributed by atoms with Gasteiger partial charge in [0.15, 0.2) is 5.82 Å². The van der Waals surface area contributed by atoms with Crippen molar-refractivity contribution in [2.24, 2.45) is 5.73 Å². The molecule has 3 rings (SSSR count). The van der Waals surface area contributed by atoms with E-state index in [9.17, 15) is 19.2 Å². The van der Waals surface area contributed by atoms with Crippen molar-refractivity contribution in [3.8, 4) is 0 Å². The van der Waals surface area contributed by atoms with Gasteiger partial charge in [-0.2, -0.15) is 10.1 Å². The number of amidine groups is 1. The lowest BCUT2D eigenvalue weighted by Crippen LogP contribution is -2.28. The molecule has 3 aromatic rings. The zero-order valence-electron chi connectivity index (χ0n) is 19.6. The van der Waals surface area contributed by atoms with Gasteiger partial charge in [-0.05, 0) is 29.8 Å². The fourth-order valence-electron chi connectivity index (χ4n) is 2.94. The second-order valence-electron chi connectivity index (χ2n) is 7.58. The van der Waals surface area contributed by atoms with Crippen LogP contribution in [0, 0.1) is 19.3 Å². The molecule has 0 aliphatic heterocycles. The summed E-state index contributed by atoms with van der Waals surface area (Å²) >= 11 is 2.92. The van der Waals surface area contributed by atoms with Crippen LogP contribution >= 0.6 is 15.9 Å². The molecule has 0 spiro atoms. The summed E-state index contributed by atoms with van der Waals surface area (Å²) in [7, 11) is 0. The van der Waals surface area contributed by atoms with Crippen LogP contribution in [0.15, 0.2) is 17.3 Å². The van der Waals surface area contributed by atoms with Crippen molar-refractivity contribution in [3.05, 3.63) is 45.6 Å². The van der Waals surface area contributed by atoms with E-state index in [0.717, 1.165) is 0 Å². The predicted octanol–water partition coefficient (Wildman–Crippen LogP) is 0.880. The summed E-state index contributed by atoms with van der Waals surface area (Å²) in [6.07, 6.45) is 1.68. The molecule has 16 nitrogen and oxygen atoms in total. The Morgan fingerprint density at radius 2 is 1.76 bits per heavy atom. The number of carbonyl (C=O) groups excluding carboxylic acids is 4. The summed E-state index contributed by atoms with van der Waals surface area (Å²) in [4.78, 5) is 55.9. The van der Waals surface area contributed by atoms with Gasteiger partial charge in [-0.15, -0.1) is 5.10 Å². The first kappa shape index (κ1) is 26.8. The number of H-pyrrole nitrogens is 3. The van der Waals surface area contributed by atoms with E-state index >= 15 is 0 Å². The molecule has 3 heterocycles. The van der Waals surface area contributed by atoms with Gasteiger partial charge in [0.05, 0.1) is 16.0 Å². The van der Waals surface area contributed by atoms with Crippen molar-refractivity contribution in [1.29, 1.82) is 5.41 Å². The van der Waals surface area contributed by atoms with Gasteiger partial charge in [-0.3, -0.25) is 40.1 Å². The van der Waals surface area contributed by atoms with Crippen LogP contribution in [0.4, 0.5) is 17.5 Å². The van der Waals surface area contributed by atoms with Crippen LogP contribution in [0.3, 0.4) is 0 Å². The molecule has 0 unspecified atom stereocenters. The van der Waals surface area contributed by atoms with Crippen LogP contribution in [0.1, 0.15) is 49.1 Å². The number of hydrogen-bond acceptors (Lipinski definition) is 8. The maximum Gasteiger partial charge on any atom is 0.294 e. The number of nitrogens with two attached hydrogens (primary N) is 1. The van der Waals surface area contributed by atoms with Crippen molar-refractivity contribution >= 4 is 62.8 Å². The minimum Gasteiger partial charge on any atom is -0.388 e. The van der Waals surface area contributed by atoms with E-state index < -0.39 is 23.6 Å². The van der Waals surface area contributed by atoms with Gasteiger partial charge in [-0.25, -0.2) is 0 Å². The van der Waals surface area contributed by atoms with Gasteiger partial charge in [-0.1, -0.05) is 6.58 Å². The number of aromatic amines is 3. The summed E-state index contributed by atoms with van der Waals surface area (Å²) in [6.45, 7) is 6.84. The molecule has 0 radical (unpaired) electrons. The molecule has 4 amide bonds. The minimum atomic E-state index is -0.714. The van der Waals surface area contributed by atoms with E-state index in [-0.39, 0.29) is 52.3 Å². The molecular weight excluding hydrogens is 552 g/mol. The topological polar surface area (TPSA) is 252 Å². The van der Waals surface area contributed by atoms with E-state index in [1.165, 1.54) is 6.20 Å². The fraction of sp³-hybridized carbons (Fsp3) is 0.200. The predicted molar refractivity (Wildman–Crippen MR) is 137 cm³/mol. The Labute approximate surface area is 217 Å². The van der Waals surface area contributed by atoms with E-state index in [2.05, 4.69) is 74.1 Å². The fourth-order valence-corrected chi connectivity index (χ4v) is 3.04. The van der Waals surface area contributed by atoms with E-state index in [4.69, 9.17) is 11.1 Å². The first-order valence-electron chi connectivity index (χ1n) is 10.5. The number of hydrogen-bond donors (Lipinski definition) is 9. The monoisotopic (exact) mass is 574 g/mol. The number of nitrogens with one attached hydrogen (secondary N) is 8. The molecule has 17 heteroatoms. The number of aromatic nitrogens is 6. The number of amides is 4. The van der Waals surface area contributed by atoms with Crippen molar-refractivity contribution in [2.45, 2.75) is 20.3 Å². The number of rotatable bonds is 10. The standard InChI is InChI=1S/C20H23BrN12O4/c1-7-10(6-25-12(7)17(35)24-5-4-11(22)23)26-18(36)13-8(2)14(31-30-13)27-19(37)15-28-20(33-32-15)29-16(34)9(3)21/h6,25H,3-5H2,1-2H3,(H3,22,23)(H,24,35)(H,26,36)(H2,27,30,31,37)(H2,28,29,32,33,34). The van der Waals surface area contributed by atoms with Crippen LogP contribution in [0.2, 0.25) is 0 Å². The molecule has 0 bridgehead atoms. The van der Waals surface area contributed by atoms with Crippen LogP contribution in [0.5, 0.6) is 0 Å². The normalized spacial score (nSPS) is 10.5. The highest BCUT2D eigenvalue weighted by Crippen LogP contribution is 2.21. The molecule has 0 saturated heterocycles.